The number of esters is 1. The average molecular weight is 250 g/mol. The lowest BCUT2D eigenvalue weighted by atomic mass is 10.1. The zero-order valence-electron chi connectivity index (χ0n) is 10.7. The van der Waals surface area contributed by atoms with Crippen molar-refractivity contribution in [1.82, 2.24) is 5.32 Å². The lowest BCUT2D eigenvalue weighted by molar-refractivity contribution is -0.140. The van der Waals surface area contributed by atoms with Crippen LogP contribution in [0.2, 0.25) is 0 Å². The van der Waals surface area contributed by atoms with Crippen LogP contribution in [-0.2, 0) is 9.53 Å². The van der Waals surface area contributed by atoms with E-state index in [0.717, 1.165) is 5.56 Å². The van der Waals surface area contributed by atoms with Crippen molar-refractivity contribution in [3.8, 4) is 0 Å². The van der Waals surface area contributed by atoms with Gasteiger partial charge in [-0.2, -0.15) is 0 Å². The second kappa shape index (κ2) is 6.64. The summed E-state index contributed by atoms with van der Waals surface area (Å²) < 4.78 is 4.51. The molecule has 98 valence electrons. The summed E-state index contributed by atoms with van der Waals surface area (Å²) in [5.74, 6) is -0.500. The Morgan fingerprint density at radius 1 is 1.39 bits per heavy atom. The van der Waals surface area contributed by atoms with E-state index in [4.69, 9.17) is 5.73 Å². The van der Waals surface area contributed by atoms with Crippen molar-refractivity contribution in [3.05, 3.63) is 29.3 Å². The molecule has 1 amide bonds. The summed E-state index contributed by atoms with van der Waals surface area (Å²) in [4.78, 5) is 22.7. The van der Waals surface area contributed by atoms with Gasteiger partial charge in [-0.25, -0.2) is 0 Å². The van der Waals surface area contributed by atoms with Gasteiger partial charge in [-0.3, -0.25) is 9.59 Å². The standard InChI is InChI=1S/C13H18N2O3/c1-9-5-6-11(14)10(8-9)13(17)15-7-3-4-12(16)18-2/h5-6,8H,3-4,7,14H2,1-2H3,(H,15,17). The molecule has 0 unspecified atom stereocenters. The summed E-state index contributed by atoms with van der Waals surface area (Å²) in [7, 11) is 1.34. The molecule has 0 saturated heterocycles. The summed E-state index contributed by atoms with van der Waals surface area (Å²) in [5, 5.41) is 2.72. The van der Waals surface area contributed by atoms with E-state index in [1.807, 2.05) is 13.0 Å². The van der Waals surface area contributed by atoms with E-state index in [-0.39, 0.29) is 11.9 Å². The summed E-state index contributed by atoms with van der Waals surface area (Å²) >= 11 is 0. The van der Waals surface area contributed by atoms with Gasteiger partial charge < -0.3 is 15.8 Å². The van der Waals surface area contributed by atoms with Gasteiger partial charge in [0.25, 0.3) is 5.91 Å². The number of anilines is 1. The van der Waals surface area contributed by atoms with E-state index in [1.165, 1.54) is 7.11 Å². The first-order chi connectivity index (χ1) is 8.54. The Morgan fingerprint density at radius 2 is 2.11 bits per heavy atom. The number of hydrogen-bond acceptors (Lipinski definition) is 4. The van der Waals surface area contributed by atoms with Crippen molar-refractivity contribution in [1.29, 1.82) is 0 Å². The van der Waals surface area contributed by atoms with Crippen molar-refractivity contribution in [2.75, 3.05) is 19.4 Å². The molecule has 1 aromatic carbocycles. The van der Waals surface area contributed by atoms with E-state index >= 15 is 0 Å². The molecule has 3 N–H and O–H groups in total. The molecule has 0 fully saturated rings. The van der Waals surface area contributed by atoms with Crippen LogP contribution in [0.4, 0.5) is 5.69 Å². The monoisotopic (exact) mass is 250 g/mol. The molecule has 0 saturated carbocycles. The molecule has 0 spiro atoms. The van der Waals surface area contributed by atoms with E-state index in [0.29, 0.717) is 30.6 Å². The third-order valence-corrected chi connectivity index (χ3v) is 2.52. The number of ether oxygens (including phenoxy) is 1. The Kier molecular flexibility index (Phi) is 5.17. The third-order valence-electron chi connectivity index (χ3n) is 2.52. The highest BCUT2D eigenvalue weighted by Gasteiger charge is 2.09. The molecule has 0 aliphatic heterocycles. The SMILES string of the molecule is COC(=O)CCCNC(=O)c1cc(C)ccc1N. The van der Waals surface area contributed by atoms with Gasteiger partial charge in [-0.1, -0.05) is 11.6 Å². The molecule has 0 heterocycles. The van der Waals surface area contributed by atoms with Gasteiger partial charge in [0.2, 0.25) is 0 Å². The van der Waals surface area contributed by atoms with Gasteiger partial charge in [-0.15, -0.1) is 0 Å². The number of amides is 1. The summed E-state index contributed by atoms with van der Waals surface area (Å²) in [5.41, 5.74) is 7.62. The van der Waals surface area contributed by atoms with E-state index in [9.17, 15) is 9.59 Å². The Morgan fingerprint density at radius 3 is 2.78 bits per heavy atom. The number of carbonyl (C=O) groups excluding carboxylic acids is 2. The molecular formula is C13H18N2O3. The number of nitrogens with one attached hydrogen (secondary N) is 1. The molecule has 1 rings (SSSR count). The zero-order valence-corrected chi connectivity index (χ0v) is 10.7. The number of rotatable bonds is 5. The lowest BCUT2D eigenvalue weighted by Crippen LogP contribution is -2.25. The molecule has 0 atom stereocenters. The molecule has 5 heteroatoms. The van der Waals surface area contributed by atoms with E-state index in [1.54, 1.807) is 12.1 Å². The van der Waals surface area contributed by atoms with Crippen LogP contribution in [0.15, 0.2) is 18.2 Å². The number of aryl methyl sites for hydroxylation is 1. The van der Waals surface area contributed by atoms with Crippen molar-refractivity contribution in [2.24, 2.45) is 0 Å². The lowest BCUT2D eigenvalue weighted by Gasteiger charge is -2.08. The number of hydrogen-bond donors (Lipinski definition) is 2. The van der Waals surface area contributed by atoms with Crippen LogP contribution in [0.1, 0.15) is 28.8 Å². The van der Waals surface area contributed by atoms with Crippen molar-refractivity contribution in [2.45, 2.75) is 19.8 Å². The fraction of sp³-hybridized carbons (Fsp3) is 0.385. The van der Waals surface area contributed by atoms with Gasteiger partial charge in [-0.05, 0) is 25.5 Å². The second-order valence-corrected chi connectivity index (χ2v) is 4.03. The first-order valence-electron chi connectivity index (χ1n) is 5.75. The Balaban J connectivity index is 2.46. The maximum absolute atomic E-state index is 11.8. The van der Waals surface area contributed by atoms with Crippen LogP contribution in [0, 0.1) is 6.92 Å². The van der Waals surface area contributed by atoms with Gasteiger partial charge in [0, 0.05) is 18.7 Å². The van der Waals surface area contributed by atoms with Crippen molar-refractivity contribution >= 4 is 17.6 Å². The second-order valence-electron chi connectivity index (χ2n) is 4.03. The predicted octanol–water partition coefficient (Wildman–Crippen LogP) is 1.26. The molecule has 0 bridgehead atoms. The van der Waals surface area contributed by atoms with Gasteiger partial charge in [0.15, 0.2) is 0 Å². The quantitative estimate of drug-likeness (QED) is 0.468. The Labute approximate surface area is 106 Å². The number of nitrogens with two attached hydrogens (primary N) is 1. The highest BCUT2D eigenvalue weighted by molar-refractivity contribution is 5.99. The van der Waals surface area contributed by atoms with Crippen LogP contribution in [0.3, 0.4) is 0 Å². The molecule has 0 aromatic heterocycles. The highest BCUT2D eigenvalue weighted by atomic mass is 16.5. The maximum Gasteiger partial charge on any atom is 0.305 e. The topological polar surface area (TPSA) is 81.4 Å². The normalized spacial score (nSPS) is 9.89. The summed E-state index contributed by atoms with van der Waals surface area (Å²) in [6.07, 6.45) is 0.838. The fourth-order valence-electron chi connectivity index (χ4n) is 1.50. The van der Waals surface area contributed by atoms with Crippen LogP contribution < -0.4 is 11.1 Å². The minimum atomic E-state index is -0.278. The number of nitrogen functional groups attached to an aromatic ring is 1. The summed E-state index contributed by atoms with van der Waals surface area (Å²) in [6.45, 7) is 2.31. The summed E-state index contributed by atoms with van der Waals surface area (Å²) in [6, 6.07) is 5.30. The van der Waals surface area contributed by atoms with Gasteiger partial charge >= 0.3 is 5.97 Å². The zero-order chi connectivity index (χ0) is 13.5. The van der Waals surface area contributed by atoms with Crippen LogP contribution in [0.25, 0.3) is 0 Å². The molecule has 0 radical (unpaired) electrons. The van der Waals surface area contributed by atoms with Gasteiger partial charge in [0.05, 0.1) is 12.7 Å². The Hall–Kier alpha value is -2.04. The van der Waals surface area contributed by atoms with Crippen molar-refractivity contribution < 1.29 is 14.3 Å². The average Bonchev–Trinajstić information content (AvgIpc) is 2.36. The predicted molar refractivity (Wildman–Crippen MR) is 69.2 cm³/mol. The first-order valence-corrected chi connectivity index (χ1v) is 5.75. The molecule has 18 heavy (non-hydrogen) atoms. The molecule has 0 aliphatic rings. The van der Waals surface area contributed by atoms with Crippen LogP contribution in [-0.4, -0.2) is 25.5 Å². The van der Waals surface area contributed by atoms with Gasteiger partial charge in [0.1, 0.15) is 0 Å². The smallest absolute Gasteiger partial charge is 0.305 e. The molecule has 1 aromatic rings. The first kappa shape index (κ1) is 14.0. The van der Waals surface area contributed by atoms with E-state index in [2.05, 4.69) is 10.1 Å². The molecule has 5 nitrogen and oxygen atoms in total. The minimum Gasteiger partial charge on any atom is -0.469 e. The third kappa shape index (κ3) is 4.08. The molecule has 0 aliphatic carbocycles. The van der Waals surface area contributed by atoms with Crippen LogP contribution >= 0.6 is 0 Å². The molecular weight excluding hydrogens is 232 g/mol. The fourth-order valence-corrected chi connectivity index (χ4v) is 1.50. The number of methoxy groups -OCH3 is 1. The maximum atomic E-state index is 11.8. The van der Waals surface area contributed by atoms with Crippen molar-refractivity contribution in [3.63, 3.8) is 0 Å². The Bertz CT molecular complexity index is 444. The highest BCUT2D eigenvalue weighted by Crippen LogP contribution is 2.13. The largest absolute Gasteiger partial charge is 0.469 e. The van der Waals surface area contributed by atoms with Crippen LogP contribution in [0.5, 0.6) is 0 Å². The number of carbonyl (C=O) groups is 2. The number of benzene rings is 1. The minimum absolute atomic E-state index is 0.221. The van der Waals surface area contributed by atoms with E-state index < -0.39 is 0 Å².